The van der Waals surface area contributed by atoms with Gasteiger partial charge in [-0.05, 0) is 46.5 Å². The molecule has 0 spiro atoms. The van der Waals surface area contributed by atoms with Gasteiger partial charge in [-0.3, -0.25) is 4.79 Å². The van der Waals surface area contributed by atoms with Gasteiger partial charge in [-0.25, -0.2) is 9.97 Å². The van der Waals surface area contributed by atoms with Crippen LogP contribution in [0.1, 0.15) is 25.1 Å². The molecule has 7 heteroatoms. The van der Waals surface area contributed by atoms with Crippen molar-refractivity contribution >= 4 is 39.2 Å². The number of aromatic nitrogens is 2. The number of rotatable bonds is 8. The molecule has 0 aliphatic carbocycles. The first-order valence-corrected chi connectivity index (χ1v) is 9.53. The van der Waals surface area contributed by atoms with E-state index in [0.717, 1.165) is 34.6 Å². The highest BCUT2D eigenvalue weighted by Crippen LogP contribution is 2.32. The summed E-state index contributed by atoms with van der Waals surface area (Å²) in [6.07, 6.45) is 3.54. The van der Waals surface area contributed by atoms with Crippen LogP contribution in [0.15, 0.2) is 17.4 Å². The fourth-order valence-electron chi connectivity index (χ4n) is 2.12. The maximum absolute atomic E-state index is 12.2. The third kappa shape index (κ3) is 5.16. The van der Waals surface area contributed by atoms with E-state index in [2.05, 4.69) is 33.2 Å². The summed E-state index contributed by atoms with van der Waals surface area (Å²) in [4.78, 5) is 25.3. The maximum atomic E-state index is 12.2. The van der Waals surface area contributed by atoms with Gasteiger partial charge in [0.1, 0.15) is 16.2 Å². The van der Waals surface area contributed by atoms with Crippen LogP contribution in [0.25, 0.3) is 10.2 Å². The molecular formula is C16H24N4OS2. The Morgan fingerprint density at radius 1 is 1.43 bits per heavy atom. The predicted molar refractivity (Wildman–Crippen MR) is 98.3 cm³/mol. The Labute approximate surface area is 145 Å². The quantitative estimate of drug-likeness (QED) is 0.450. The van der Waals surface area contributed by atoms with Crippen molar-refractivity contribution < 1.29 is 4.79 Å². The normalized spacial score (nSPS) is 12.7. The lowest BCUT2D eigenvalue weighted by atomic mass is 10.3. The molecule has 1 N–H and O–H groups in total. The van der Waals surface area contributed by atoms with Crippen LogP contribution in [0.5, 0.6) is 0 Å². The molecule has 0 aliphatic heterocycles. The molecule has 0 fully saturated rings. The molecule has 1 amide bonds. The summed E-state index contributed by atoms with van der Waals surface area (Å²) in [5.41, 5.74) is 0. The molecule has 2 heterocycles. The van der Waals surface area contributed by atoms with Gasteiger partial charge >= 0.3 is 0 Å². The van der Waals surface area contributed by atoms with Crippen molar-refractivity contribution in [3.8, 4) is 0 Å². The van der Waals surface area contributed by atoms with E-state index >= 15 is 0 Å². The zero-order valence-corrected chi connectivity index (χ0v) is 15.8. The second kappa shape index (κ2) is 8.61. The number of aryl methyl sites for hydroxylation is 1. The van der Waals surface area contributed by atoms with Gasteiger partial charge < -0.3 is 10.2 Å². The molecule has 2 aromatic heterocycles. The fourth-order valence-corrected chi connectivity index (χ4v) is 4.04. The highest BCUT2D eigenvalue weighted by molar-refractivity contribution is 8.00. The molecule has 5 nitrogen and oxygen atoms in total. The van der Waals surface area contributed by atoms with Crippen LogP contribution in [0.2, 0.25) is 0 Å². The topological polar surface area (TPSA) is 58.1 Å². The van der Waals surface area contributed by atoms with Crippen LogP contribution < -0.4 is 5.32 Å². The molecule has 1 atom stereocenters. The van der Waals surface area contributed by atoms with Crippen molar-refractivity contribution in [3.05, 3.63) is 17.3 Å². The third-order valence-electron chi connectivity index (χ3n) is 3.43. The first-order valence-electron chi connectivity index (χ1n) is 7.83. The molecule has 0 saturated carbocycles. The SMILES string of the molecule is CCc1cc2c(SC(C)C(=O)NCCCN(C)C)ncnc2s1. The molecule has 0 aromatic carbocycles. The average molecular weight is 353 g/mol. The summed E-state index contributed by atoms with van der Waals surface area (Å²) >= 11 is 3.20. The van der Waals surface area contributed by atoms with E-state index in [1.165, 1.54) is 16.6 Å². The Balaban J connectivity index is 1.95. The number of hydrogen-bond donors (Lipinski definition) is 1. The molecule has 0 bridgehead atoms. The van der Waals surface area contributed by atoms with Crippen molar-refractivity contribution in [2.45, 2.75) is 37.0 Å². The first-order chi connectivity index (χ1) is 11.0. The zero-order valence-electron chi connectivity index (χ0n) is 14.1. The Bertz CT molecular complexity index is 657. The number of carbonyl (C=O) groups is 1. The number of fused-ring (bicyclic) bond motifs is 1. The van der Waals surface area contributed by atoms with Gasteiger partial charge in [-0.1, -0.05) is 18.7 Å². The number of thiophene rings is 1. The van der Waals surface area contributed by atoms with Crippen LogP contribution in [0, 0.1) is 0 Å². The molecule has 0 radical (unpaired) electrons. The minimum absolute atomic E-state index is 0.0615. The van der Waals surface area contributed by atoms with Crippen LogP contribution in [-0.2, 0) is 11.2 Å². The second-order valence-corrected chi connectivity index (χ2v) is 8.12. The highest BCUT2D eigenvalue weighted by atomic mass is 32.2. The molecule has 0 aliphatic rings. The summed E-state index contributed by atoms with van der Waals surface area (Å²) in [6.45, 7) is 5.74. The van der Waals surface area contributed by atoms with Gasteiger partial charge in [-0.15, -0.1) is 11.3 Å². The summed E-state index contributed by atoms with van der Waals surface area (Å²) < 4.78 is 0. The van der Waals surface area contributed by atoms with Gasteiger partial charge in [0.25, 0.3) is 0 Å². The molecule has 2 rings (SSSR count). The Kier molecular flexibility index (Phi) is 6.80. The van der Waals surface area contributed by atoms with E-state index in [9.17, 15) is 4.79 Å². The Morgan fingerprint density at radius 3 is 2.91 bits per heavy atom. The van der Waals surface area contributed by atoms with Gasteiger partial charge in [0, 0.05) is 16.8 Å². The lowest BCUT2D eigenvalue weighted by Crippen LogP contribution is -2.33. The number of nitrogens with zero attached hydrogens (tertiary/aromatic N) is 3. The Hall–Kier alpha value is -1.18. The standard InChI is InChI=1S/C16H24N4OS2/c1-5-12-9-13-15(18-10-19-16(13)23-12)22-11(2)14(21)17-7-6-8-20(3)4/h9-11H,5-8H2,1-4H3,(H,17,21). The Morgan fingerprint density at radius 2 is 2.22 bits per heavy atom. The van der Waals surface area contributed by atoms with Crippen LogP contribution in [0.3, 0.4) is 0 Å². The van der Waals surface area contributed by atoms with Crippen LogP contribution in [-0.4, -0.2) is 53.2 Å². The predicted octanol–water partition coefficient (Wildman–Crippen LogP) is 2.80. The van der Waals surface area contributed by atoms with E-state index in [1.54, 1.807) is 17.7 Å². The van der Waals surface area contributed by atoms with Gasteiger partial charge in [-0.2, -0.15) is 0 Å². The average Bonchev–Trinajstić information content (AvgIpc) is 2.95. The highest BCUT2D eigenvalue weighted by Gasteiger charge is 2.17. The van der Waals surface area contributed by atoms with Crippen molar-refractivity contribution in [2.24, 2.45) is 0 Å². The van der Waals surface area contributed by atoms with Crippen LogP contribution >= 0.6 is 23.1 Å². The van der Waals surface area contributed by atoms with Gasteiger partial charge in [0.15, 0.2) is 0 Å². The summed E-state index contributed by atoms with van der Waals surface area (Å²) in [7, 11) is 4.07. The maximum Gasteiger partial charge on any atom is 0.233 e. The summed E-state index contributed by atoms with van der Waals surface area (Å²) in [6, 6.07) is 2.14. The van der Waals surface area contributed by atoms with E-state index < -0.39 is 0 Å². The number of hydrogen-bond acceptors (Lipinski definition) is 6. The zero-order chi connectivity index (χ0) is 16.8. The lowest BCUT2D eigenvalue weighted by Gasteiger charge is -2.13. The molecule has 0 saturated heterocycles. The number of thioether (sulfide) groups is 1. The number of carbonyl (C=O) groups excluding carboxylic acids is 1. The van der Waals surface area contributed by atoms with Gasteiger partial charge in [0.05, 0.1) is 5.25 Å². The van der Waals surface area contributed by atoms with E-state index in [0.29, 0.717) is 6.54 Å². The third-order valence-corrected chi connectivity index (χ3v) is 5.73. The summed E-state index contributed by atoms with van der Waals surface area (Å²) in [5, 5.41) is 4.78. The van der Waals surface area contributed by atoms with Crippen molar-refractivity contribution in [1.82, 2.24) is 20.2 Å². The smallest absolute Gasteiger partial charge is 0.233 e. The van der Waals surface area contributed by atoms with Crippen molar-refractivity contribution in [2.75, 3.05) is 27.2 Å². The van der Waals surface area contributed by atoms with Crippen LogP contribution in [0.4, 0.5) is 0 Å². The summed E-state index contributed by atoms with van der Waals surface area (Å²) in [5.74, 6) is 0.0615. The molecule has 1 unspecified atom stereocenters. The van der Waals surface area contributed by atoms with E-state index in [1.807, 2.05) is 21.0 Å². The molecule has 23 heavy (non-hydrogen) atoms. The van der Waals surface area contributed by atoms with E-state index in [4.69, 9.17) is 0 Å². The van der Waals surface area contributed by atoms with Gasteiger partial charge in [0.2, 0.25) is 5.91 Å². The molecular weight excluding hydrogens is 328 g/mol. The van der Waals surface area contributed by atoms with Crippen molar-refractivity contribution in [3.63, 3.8) is 0 Å². The van der Waals surface area contributed by atoms with E-state index in [-0.39, 0.29) is 11.2 Å². The number of amides is 1. The molecule has 2 aromatic rings. The lowest BCUT2D eigenvalue weighted by molar-refractivity contribution is -0.120. The first kappa shape index (κ1) is 18.2. The minimum Gasteiger partial charge on any atom is -0.355 e. The minimum atomic E-state index is -0.169. The fraction of sp³-hybridized carbons (Fsp3) is 0.562. The second-order valence-electron chi connectivity index (χ2n) is 5.67. The number of nitrogens with one attached hydrogen (secondary N) is 1. The van der Waals surface area contributed by atoms with Crippen molar-refractivity contribution in [1.29, 1.82) is 0 Å². The largest absolute Gasteiger partial charge is 0.355 e. The molecule has 126 valence electrons. The monoisotopic (exact) mass is 352 g/mol.